The number of hydrogen-bond acceptors (Lipinski definition) is 5. The maximum absolute atomic E-state index is 12.9. The van der Waals surface area contributed by atoms with Crippen LogP contribution >= 0.6 is 12.4 Å². The molecule has 1 fully saturated rings. The molecule has 1 saturated heterocycles. The Morgan fingerprint density at radius 1 is 1.40 bits per heavy atom. The molecule has 25 heavy (non-hydrogen) atoms. The highest BCUT2D eigenvalue weighted by molar-refractivity contribution is 5.95. The van der Waals surface area contributed by atoms with Gasteiger partial charge in [0, 0.05) is 20.2 Å². The fourth-order valence-corrected chi connectivity index (χ4v) is 2.11. The number of hydrogen-bond donors (Lipinski definition) is 2. The fourth-order valence-electron chi connectivity index (χ4n) is 2.11. The topological polar surface area (TPSA) is 68.8 Å². The third kappa shape index (κ3) is 6.35. The van der Waals surface area contributed by atoms with Gasteiger partial charge in [0.1, 0.15) is 18.5 Å². The average Bonchev–Trinajstić information content (AvgIpc) is 2.56. The van der Waals surface area contributed by atoms with E-state index < -0.39 is 23.8 Å². The van der Waals surface area contributed by atoms with Gasteiger partial charge < -0.3 is 24.8 Å². The molecule has 10 heteroatoms. The molecule has 0 aliphatic carbocycles. The maximum atomic E-state index is 12.9. The van der Waals surface area contributed by atoms with Crippen LogP contribution in [0.1, 0.15) is 5.56 Å². The van der Waals surface area contributed by atoms with Gasteiger partial charge in [-0.25, -0.2) is 0 Å². The zero-order valence-electron chi connectivity index (χ0n) is 13.5. The Morgan fingerprint density at radius 3 is 2.76 bits per heavy atom. The van der Waals surface area contributed by atoms with Gasteiger partial charge in [-0.05, 0) is 18.2 Å². The number of ether oxygens (including phenoxy) is 3. The van der Waals surface area contributed by atoms with Crippen LogP contribution in [-0.4, -0.2) is 52.0 Å². The van der Waals surface area contributed by atoms with Crippen LogP contribution in [0.25, 0.3) is 0 Å². The van der Waals surface area contributed by atoms with Crippen molar-refractivity contribution in [2.24, 2.45) is 0 Å². The van der Waals surface area contributed by atoms with Crippen molar-refractivity contribution in [1.29, 1.82) is 0 Å². The van der Waals surface area contributed by atoms with Crippen LogP contribution < -0.4 is 15.4 Å². The van der Waals surface area contributed by atoms with Crippen molar-refractivity contribution >= 4 is 24.0 Å². The van der Waals surface area contributed by atoms with E-state index in [1.807, 2.05) is 0 Å². The standard InChI is InChI=1S/C15H19F3N2O4.ClH/c1-22-6-7-24-12-3-2-10(15(16,17)18)8-11(12)20-14(21)13-9-19-4-5-23-13;/h2-3,8,13,19H,4-7,9H2,1H3,(H,20,21);1H. The van der Waals surface area contributed by atoms with E-state index in [4.69, 9.17) is 14.2 Å². The monoisotopic (exact) mass is 384 g/mol. The molecule has 2 rings (SSSR count). The summed E-state index contributed by atoms with van der Waals surface area (Å²) in [7, 11) is 1.48. The van der Waals surface area contributed by atoms with E-state index in [-0.39, 0.29) is 37.1 Å². The van der Waals surface area contributed by atoms with E-state index >= 15 is 0 Å². The number of morpholine rings is 1. The van der Waals surface area contributed by atoms with Gasteiger partial charge in [-0.1, -0.05) is 0 Å². The molecule has 6 nitrogen and oxygen atoms in total. The number of benzene rings is 1. The van der Waals surface area contributed by atoms with Crippen LogP contribution in [0, 0.1) is 0 Å². The van der Waals surface area contributed by atoms with Crippen LogP contribution in [-0.2, 0) is 20.4 Å². The van der Waals surface area contributed by atoms with E-state index in [0.29, 0.717) is 19.7 Å². The lowest BCUT2D eigenvalue weighted by atomic mass is 10.1. The van der Waals surface area contributed by atoms with Gasteiger partial charge in [0.2, 0.25) is 0 Å². The number of halogens is 4. The van der Waals surface area contributed by atoms with Gasteiger partial charge in [0.15, 0.2) is 0 Å². The third-order valence-electron chi connectivity index (χ3n) is 3.33. The number of methoxy groups -OCH3 is 1. The van der Waals surface area contributed by atoms with Crippen molar-refractivity contribution in [3.63, 3.8) is 0 Å². The smallest absolute Gasteiger partial charge is 0.416 e. The van der Waals surface area contributed by atoms with Crippen LogP contribution in [0.15, 0.2) is 18.2 Å². The first-order chi connectivity index (χ1) is 11.4. The Hall–Kier alpha value is -1.55. The highest BCUT2D eigenvalue weighted by Gasteiger charge is 2.32. The molecule has 1 unspecified atom stereocenters. The van der Waals surface area contributed by atoms with Crippen molar-refractivity contribution in [2.45, 2.75) is 12.3 Å². The zero-order valence-corrected chi connectivity index (χ0v) is 14.3. The van der Waals surface area contributed by atoms with E-state index in [1.165, 1.54) is 13.2 Å². The molecule has 0 radical (unpaired) electrons. The molecule has 1 aliphatic rings. The van der Waals surface area contributed by atoms with Crippen molar-refractivity contribution in [3.05, 3.63) is 23.8 Å². The predicted octanol–water partition coefficient (Wildman–Crippen LogP) is 2.08. The Bertz CT molecular complexity index is 566. The van der Waals surface area contributed by atoms with Gasteiger partial charge in [0.25, 0.3) is 5.91 Å². The Kier molecular flexibility index (Phi) is 8.43. The lowest BCUT2D eigenvalue weighted by Crippen LogP contribution is -2.45. The number of carbonyl (C=O) groups is 1. The van der Waals surface area contributed by atoms with Crippen molar-refractivity contribution < 1.29 is 32.2 Å². The van der Waals surface area contributed by atoms with Gasteiger partial charge >= 0.3 is 6.18 Å². The minimum atomic E-state index is -4.52. The summed E-state index contributed by atoms with van der Waals surface area (Å²) in [6.45, 7) is 1.69. The average molecular weight is 385 g/mol. The predicted molar refractivity (Wildman–Crippen MR) is 87.3 cm³/mol. The fraction of sp³-hybridized carbons (Fsp3) is 0.533. The van der Waals surface area contributed by atoms with Crippen molar-refractivity contribution in [3.8, 4) is 5.75 Å². The summed E-state index contributed by atoms with van der Waals surface area (Å²) in [6.07, 6.45) is -5.28. The Labute approximate surface area is 149 Å². The number of nitrogens with one attached hydrogen (secondary N) is 2. The molecule has 1 amide bonds. The van der Waals surface area contributed by atoms with E-state index in [1.54, 1.807) is 0 Å². The number of carbonyl (C=O) groups excluding carboxylic acids is 1. The Balaban J connectivity index is 0.00000312. The minimum absolute atomic E-state index is 0. The molecule has 1 atom stereocenters. The summed E-state index contributed by atoms with van der Waals surface area (Å²) in [4.78, 5) is 12.2. The summed E-state index contributed by atoms with van der Waals surface area (Å²) in [5.41, 5.74) is -0.931. The molecular weight excluding hydrogens is 365 g/mol. The normalized spacial score (nSPS) is 17.5. The first-order valence-corrected chi connectivity index (χ1v) is 7.38. The second-order valence-electron chi connectivity index (χ2n) is 5.10. The summed E-state index contributed by atoms with van der Waals surface area (Å²) in [5.74, 6) is -0.393. The molecule has 1 heterocycles. The highest BCUT2D eigenvalue weighted by atomic mass is 35.5. The van der Waals surface area contributed by atoms with E-state index in [2.05, 4.69) is 10.6 Å². The molecule has 0 aromatic heterocycles. The van der Waals surface area contributed by atoms with Crippen LogP contribution in [0.3, 0.4) is 0 Å². The second kappa shape index (κ2) is 9.81. The molecule has 1 aliphatic heterocycles. The van der Waals surface area contributed by atoms with E-state index in [0.717, 1.165) is 12.1 Å². The number of rotatable bonds is 6. The summed E-state index contributed by atoms with van der Waals surface area (Å²) >= 11 is 0. The van der Waals surface area contributed by atoms with E-state index in [9.17, 15) is 18.0 Å². The van der Waals surface area contributed by atoms with Gasteiger partial charge in [-0.3, -0.25) is 4.79 Å². The van der Waals surface area contributed by atoms with Crippen molar-refractivity contribution in [2.75, 3.05) is 45.3 Å². The molecule has 0 spiro atoms. The molecule has 0 saturated carbocycles. The second-order valence-corrected chi connectivity index (χ2v) is 5.10. The lowest BCUT2D eigenvalue weighted by molar-refractivity contribution is -0.137. The lowest BCUT2D eigenvalue weighted by Gasteiger charge is -2.23. The summed E-state index contributed by atoms with van der Waals surface area (Å²) in [5, 5.41) is 5.43. The van der Waals surface area contributed by atoms with Crippen LogP contribution in [0.5, 0.6) is 5.75 Å². The molecule has 1 aromatic rings. The Morgan fingerprint density at radius 2 is 2.16 bits per heavy atom. The van der Waals surface area contributed by atoms with Gasteiger partial charge in [-0.15, -0.1) is 12.4 Å². The van der Waals surface area contributed by atoms with Gasteiger partial charge in [0.05, 0.1) is 24.5 Å². The van der Waals surface area contributed by atoms with Crippen LogP contribution in [0.4, 0.5) is 18.9 Å². The van der Waals surface area contributed by atoms with Crippen LogP contribution in [0.2, 0.25) is 0 Å². The molecule has 1 aromatic carbocycles. The first kappa shape index (κ1) is 21.5. The third-order valence-corrected chi connectivity index (χ3v) is 3.33. The maximum Gasteiger partial charge on any atom is 0.416 e. The summed E-state index contributed by atoms with van der Waals surface area (Å²) < 4.78 is 54.2. The van der Waals surface area contributed by atoms with Gasteiger partial charge in [-0.2, -0.15) is 13.2 Å². The van der Waals surface area contributed by atoms with Crippen molar-refractivity contribution in [1.82, 2.24) is 5.32 Å². The summed E-state index contributed by atoms with van der Waals surface area (Å²) in [6, 6.07) is 2.92. The first-order valence-electron chi connectivity index (χ1n) is 7.38. The minimum Gasteiger partial charge on any atom is -0.489 e. The number of amides is 1. The largest absolute Gasteiger partial charge is 0.489 e. The zero-order chi connectivity index (χ0) is 17.6. The molecule has 0 bridgehead atoms. The molecule has 142 valence electrons. The quantitative estimate of drug-likeness (QED) is 0.735. The molecular formula is C15H20ClF3N2O4. The molecule has 2 N–H and O–H groups in total. The number of alkyl halides is 3. The SMILES string of the molecule is COCCOc1ccc(C(F)(F)F)cc1NC(=O)C1CNCCO1.Cl. The number of anilines is 1. The highest BCUT2D eigenvalue weighted by Crippen LogP contribution is 2.35.